The van der Waals surface area contributed by atoms with E-state index in [9.17, 15) is 9.59 Å². The maximum atomic E-state index is 12.3. The fraction of sp³-hybridized carbons (Fsp3) is 0.130. The fourth-order valence-corrected chi connectivity index (χ4v) is 2.90. The summed E-state index contributed by atoms with van der Waals surface area (Å²) in [6.45, 7) is 0.302. The van der Waals surface area contributed by atoms with Crippen molar-refractivity contribution in [2.24, 2.45) is 5.73 Å². The molecule has 3 rings (SSSR count). The molecule has 148 valence electrons. The summed E-state index contributed by atoms with van der Waals surface area (Å²) in [5, 5.41) is 5.33. The monoisotopic (exact) mass is 389 g/mol. The molecule has 3 amide bonds. The maximum Gasteiger partial charge on any atom is 0.316 e. The number of nitrogens with two attached hydrogens (primary N) is 1. The molecule has 29 heavy (non-hydrogen) atoms. The number of primary amides is 1. The van der Waals surface area contributed by atoms with E-state index in [-0.39, 0.29) is 18.6 Å². The lowest BCUT2D eigenvalue weighted by Crippen LogP contribution is -2.28. The average molecular weight is 389 g/mol. The van der Waals surface area contributed by atoms with Crippen LogP contribution in [0.4, 0.5) is 10.5 Å². The molecule has 6 nitrogen and oxygen atoms in total. The van der Waals surface area contributed by atoms with Gasteiger partial charge >= 0.3 is 6.03 Å². The van der Waals surface area contributed by atoms with Gasteiger partial charge < -0.3 is 21.1 Å². The van der Waals surface area contributed by atoms with E-state index in [1.807, 2.05) is 72.8 Å². The molecule has 0 aliphatic rings. The van der Waals surface area contributed by atoms with Crippen molar-refractivity contribution < 1.29 is 14.3 Å². The van der Waals surface area contributed by atoms with Crippen molar-refractivity contribution in [3.05, 3.63) is 102 Å². The van der Waals surface area contributed by atoms with Crippen LogP contribution in [-0.2, 0) is 16.1 Å². The molecule has 3 aromatic carbocycles. The zero-order chi connectivity index (χ0) is 20.5. The highest BCUT2D eigenvalue weighted by Crippen LogP contribution is 2.25. The Hall–Kier alpha value is -3.64. The Kier molecular flexibility index (Phi) is 6.97. The van der Waals surface area contributed by atoms with Gasteiger partial charge in [0.1, 0.15) is 12.7 Å². The third kappa shape index (κ3) is 6.19. The number of carbonyl (C=O) groups is 2. The van der Waals surface area contributed by atoms with Crippen LogP contribution in [0.15, 0.2) is 84.9 Å². The van der Waals surface area contributed by atoms with Gasteiger partial charge in [-0.25, -0.2) is 4.79 Å². The summed E-state index contributed by atoms with van der Waals surface area (Å²) in [5.41, 5.74) is 8.56. The number of carbonyl (C=O) groups excluding carboxylic acids is 2. The van der Waals surface area contributed by atoms with Gasteiger partial charge in [-0.2, -0.15) is 0 Å². The van der Waals surface area contributed by atoms with Gasteiger partial charge in [-0.3, -0.25) is 4.79 Å². The Morgan fingerprint density at radius 1 is 0.828 bits per heavy atom. The largest absolute Gasteiger partial charge is 0.359 e. The van der Waals surface area contributed by atoms with E-state index in [1.165, 1.54) is 0 Å². The first kappa shape index (κ1) is 20.1. The van der Waals surface area contributed by atoms with Crippen LogP contribution in [0, 0.1) is 0 Å². The summed E-state index contributed by atoms with van der Waals surface area (Å²) in [6.07, 6.45) is -0.317. The topological polar surface area (TPSA) is 93.5 Å². The van der Waals surface area contributed by atoms with Crippen molar-refractivity contribution in [3.8, 4) is 0 Å². The van der Waals surface area contributed by atoms with Crippen LogP contribution in [0.1, 0.15) is 22.8 Å². The average Bonchev–Trinajstić information content (AvgIpc) is 2.74. The molecule has 0 unspecified atom stereocenters. The number of hydrogen-bond acceptors (Lipinski definition) is 3. The predicted octanol–water partition coefficient (Wildman–Crippen LogP) is 3.60. The highest BCUT2D eigenvalue weighted by Gasteiger charge is 2.16. The fourth-order valence-electron chi connectivity index (χ4n) is 2.90. The molecule has 0 aliphatic heterocycles. The van der Waals surface area contributed by atoms with E-state index in [2.05, 4.69) is 10.6 Å². The van der Waals surface area contributed by atoms with Crippen LogP contribution >= 0.6 is 0 Å². The first-order valence-electron chi connectivity index (χ1n) is 9.25. The van der Waals surface area contributed by atoms with Crippen LogP contribution < -0.4 is 16.4 Å². The second-order valence-corrected chi connectivity index (χ2v) is 6.48. The molecule has 0 spiro atoms. The van der Waals surface area contributed by atoms with Crippen LogP contribution in [-0.4, -0.2) is 18.5 Å². The zero-order valence-corrected chi connectivity index (χ0v) is 15.9. The van der Waals surface area contributed by atoms with E-state index >= 15 is 0 Å². The maximum absolute atomic E-state index is 12.3. The number of amides is 3. The first-order valence-corrected chi connectivity index (χ1v) is 9.25. The molecule has 0 saturated carbocycles. The Labute approximate surface area is 169 Å². The second kappa shape index (κ2) is 10.1. The molecule has 0 saturated heterocycles. The summed E-state index contributed by atoms with van der Waals surface area (Å²) in [5.74, 6) is -0.207. The van der Waals surface area contributed by atoms with Crippen molar-refractivity contribution in [2.75, 3.05) is 11.9 Å². The molecule has 0 fully saturated rings. The Balaban J connectivity index is 1.56. The first-order chi connectivity index (χ1) is 14.1. The van der Waals surface area contributed by atoms with Gasteiger partial charge in [-0.1, -0.05) is 72.8 Å². The molecule has 0 bridgehead atoms. The van der Waals surface area contributed by atoms with Crippen LogP contribution in [0.2, 0.25) is 0 Å². The van der Waals surface area contributed by atoms with Crippen molar-refractivity contribution >= 4 is 17.6 Å². The van der Waals surface area contributed by atoms with Gasteiger partial charge in [0.2, 0.25) is 5.91 Å². The van der Waals surface area contributed by atoms with Gasteiger partial charge in [0, 0.05) is 12.2 Å². The van der Waals surface area contributed by atoms with E-state index in [0.29, 0.717) is 12.2 Å². The lowest BCUT2D eigenvalue weighted by Gasteiger charge is -2.19. The molecular weight excluding hydrogens is 366 g/mol. The Bertz CT molecular complexity index is 889. The molecule has 0 radical (unpaired) electrons. The number of rotatable bonds is 8. The highest BCUT2D eigenvalue weighted by molar-refractivity contribution is 5.87. The van der Waals surface area contributed by atoms with E-state index in [0.717, 1.165) is 16.7 Å². The van der Waals surface area contributed by atoms with Gasteiger partial charge in [-0.05, 0) is 28.8 Å². The SMILES string of the molecule is NC(=O)Nc1ccc(CNC(=O)COC(c2ccccc2)c2ccccc2)cc1. The summed E-state index contributed by atoms with van der Waals surface area (Å²) < 4.78 is 5.95. The van der Waals surface area contributed by atoms with Crippen molar-refractivity contribution in [3.63, 3.8) is 0 Å². The van der Waals surface area contributed by atoms with Crippen molar-refractivity contribution in [1.29, 1.82) is 0 Å². The molecule has 0 atom stereocenters. The van der Waals surface area contributed by atoms with Gasteiger partial charge in [-0.15, -0.1) is 0 Å². The van der Waals surface area contributed by atoms with Gasteiger partial charge in [0.25, 0.3) is 0 Å². The molecular formula is C23H23N3O3. The van der Waals surface area contributed by atoms with Crippen LogP contribution in [0.25, 0.3) is 0 Å². The molecule has 0 heterocycles. The third-order valence-electron chi connectivity index (χ3n) is 4.30. The van der Waals surface area contributed by atoms with E-state index in [1.54, 1.807) is 12.1 Å². The number of benzene rings is 3. The number of anilines is 1. The summed E-state index contributed by atoms with van der Waals surface area (Å²) in [4.78, 5) is 23.1. The number of hydrogen-bond donors (Lipinski definition) is 3. The lowest BCUT2D eigenvalue weighted by atomic mass is 10.0. The molecule has 3 aromatic rings. The standard InChI is InChI=1S/C23H23N3O3/c24-23(28)26-20-13-11-17(12-14-20)15-25-21(27)16-29-22(18-7-3-1-4-8-18)19-9-5-2-6-10-19/h1-14,22H,15-16H2,(H,25,27)(H3,24,26,28). The highest BCUT2D eigenvalue weighted by atomic mass is 16.5. The van der Waals surface area contributed by atoms with E-state index < -0.39 is 6.03 Å². The third-order valence-corrected chi connectivity index (χ3v) is 4.30. The number of ether oxygens (including phenoxy) is 1. The molecule has 0 aliphatic carbocycles. The van der Waals surface area contributed by atoms with Crippen LogP contribution in [0.5, 0.6) is 0 Å². The summed E-state index contributed by atoms with van der Waals surface area (Å²) >= 11 is 0. The molecule has 6 heteroatoms. The Morgan fingerprint density at radius 2 is 1.38 bits per heavy atom. The quantitative estimate of drug-likeness (QED) is 0.549. The predicted molar refractivity (Wildman–Crippen MR) is 112 cm³/mol. The molecule has 0 aromatic heterocycles. The van der Waals surface area contributed by atoms with Crippen molar-refractivity contribution in [1.82, 2.24) is 5.32 Å². The number of nitrogens with one attached hydrogen (secondary N) is 2. The van der Waals surface area contributed by atoms with E-state index in [4.69, 9.17) is 10.5 Å². The van der Waals surface area contributed by atoms with Gasteiger partial charge in [0.05, 0.1) is 0 Å². The normalized spacial score (nSPS) is 10.5. The lowest BCUT2D eigenvalue weighted by molar-refractivity contribution is -0.127. The Morgan fingerprint density at radius 3 is 1.90 bits per heavy atom. The van der Waals surface area contributed by atoms with Gasteiger partial charge in [0.15, 0.2) is 0 Å². The minimum absolute atomic E-state index is 0.0598. The minimum atomic E-state index is -0.616. The smallest absolute Gasteiger partial charge is 0.316 e. The van der Waals surface area contributed by atoms with Crippen LogP contribution in [0.3, 0.4) is 0 Å². The summed E-state index contributed by atoms with van der Waals surface area (Å²) in [7, 11) is 0. The zero-order valence-electron chi connectivity index (χ0n) is 15.9. The number of urea groups is 1. The second-order valence-electron chi connectivity index (χ2n) is 6.48. The molecule has 4 N–H and O–H groups in total. The minimum Gasteiger partial charge on any atom is -0.359 e. The summed E-state index contributed by atoms with van der Waals surface area (Å²) in [6, 6.07) is 26.1. The van der Waals surface area contributed by atoms with Crippen molar-refractivity contribution in [2.45, 2.75) is 12.6 Å².